The number of nitrogens with zero attached hydrogens (tertiary/aromatic N) is 4. The Balaban J connectivity index is 0.994. The van der Waals surface area contributed by atoms with Crippen LogP contribution in [0.2, 0.25) is 0 Å². The van der Waals surface area contributed by atoms with Crippen LogP contribution in [-0.4, -0.2) is 87.3 Å². The average Bonchev–Trinajstić information content (AvgIpc) is 4.02. The number of H-pyrrole nitrogens is 2. The maximum absolute atomic E-state index is 13.9. The van der Waals surface area contributed by atoms with Crippen LogP contribution in [0.25, 0.3) is 55.0 Å². The Hall–Kier alpha value is -5.76. The number of pyridine rings is 1. The maximum atomic E-state index is 13.9. The normalized spacial score (nSPS) is 22.5. The molecule has 3 amide bonds. The zero-order chi connectivity index (χ0) is 41.3. The molecule has 59 heavy (non-hydrogen) atoms. The van der Waals surface area contributed by atoms with E-state index >= 15 is 0 Å². The first-order chi connectivity index (χ1) is 28.5. The molecule has 308 valence electrons. The largest absolute Gasteiger partial charge is 0.453 e. The number of ether oxygens (including phenoxy) is 2. The second kappa shape index (κ2) is 15.1. The summed E-state index contributed by atoms with van der Waals surface area (Å²) in [6, 6.07) is 17.9. The Morgan fingerprint density at radius 3 is 2.34 bits per heavy atom. The predicted octanol–water partition coefficient (Wildman–Crippen LogP) is 7.16. The van der Waals surface area contributed by atoms with Crippen molar-refractivity contribution >= 4 is 61.8 Å². The predicted molar refractivity (Wildman–Crippen MR) is 226 cm³/mol. The first kappa shape index (κ1) is 38.7. The van der Waals surface area contributed by atoms with E-state index in [0.717, 1.165) is 79.5 Å². The van der Waals surface area contributed by atoms with E-state index in [1.165, 1.54) is 14.2 Å². The molecular formula is C45H53N9O5. The summed E-state index contributed by atoms with van der Waals surface area (Å²) in [7, 11) is 2.70. The second-order valence-corrected chi connectivity index (χ2v) is 17.5. The Morgan fingerprint density at radius 1 is 0.847 bits per heavy atom. The number of aromatic amines is 2. The van der Waals surface area contributed by atoms with E-state index in [2.05, 4.69) is 83.0 Å². The Labute approximate surface area is 342 Å². The lowest BCUT2D eigenvalue weighted by Crippen LogP contribution is -2.51. The topological polar surface area (TPSA) is 193 Å². The molecule has 3 aliphatic rings. The minimum atomic E-state index is -0.686. The fourth-order valence-corrected chi connectivity index (χ4v) is 9.57. The number of carbonyl (C=O) groups is 3. The molecule has 3 aromatic heterocycles. The number of carbonyl (C=O) groups excluding carboxylic acids is 3. The first-order valence-electron chi connectivity index (χ1n) is 20.9. The van der Waals surface area contributed by atoms with Gasteiger partial charge in [-0.3, -0.25) is 4.79 Å². The van der Waals surface area contributed by atoms with Gasteiger partial charge in [-0.15, -0.1) is 0 Å². The number of methoxy groups -OCH3 is 2. The smallest absolute Gasteiger partial charge is 0.407 e. The molecule has 14 nitrogen and oxygen atoms in total. The molecule has 0 spiro atoms. The third-order valence-corrected chi connectivity index (χ3v) is 13.2. The van der Waals surface area contributed by atoms with Crippen LogP contribution in [0.5, 0.6) is 0 Å². The lowest BCUT2D eigenvalue weighted by molar-refractivity contribution is -0.136. The summed E-state index contributed by atoms with van der Waals surface area (Å²) in [6.07, 6.45) is 1.76. The van der Waals surface area contributed by atoms with Gasteiger partial charge in [-0.1, -0.05) is 45.9 Å². The number of hydrogen-bond acceptors (Lipinski definition) is 9. The van der Waals surface area contributed by atoms with Crippen molar-refractivity contribution < 1.29 is 23.9 Å². The summed E-state index contributed by atoms with van der Waals surface area (Å²) in [4.78, 5) is 62.7. The third-order valence-electron chi connectivity index (χ3n) is 13.2. The van der Waals surface area contributed by atoms with E-state index in [1.807, 2.05) is 24.8 Å². The van der Waals surface area contributed by atoms with Crippen molar-refractivity contribution in [2.24, 2.45) is 41.2 Å². The van der Waals surface area contributed by atoms with Gasteiger partial charge in [0.15, 0.2) is 0 Å². The second-order valence-electron chi connectivity index (χ2n) is 17.5. The molecule has 2 aliphatic carbocycles. The lowest BCUT2D eigenvalue weighted by Gasteiger charge is -2.31. The lowest BCUT2D eigenvalue weighted by atomic mass is 9.88. The van der Waals surface area contributed by atoms with Gasteiger partial charge in [0.05, 0.1) is 36.8 Å². The van der Waals surface area contributed by atoms with E-state index in [9.17, 15) is 14.4 Å². The molecule has 9 rings (SSSR count). The van der Waals surface area contributed by atoms with E-state index in [0.29, 0.717) is 43.2 Å². The SMILES string of the molecule is COC(=O)N[C@H](C(=O)N1CC2CC2C1c1nc2c(ccc3cc(-c4ccc5c(ccc6nc(C(C[C@@H](NC(=O)OC)C(C)C)C7CC7CN)nc65)[nH]4)ccc32)[nH]1)C(C)C. The summed E-state index contributed by atoms with van der Waals surface area (Å²) in [5.41, 5.74) is 12.6. The van der Waals surface area contributed by atoms with Gasteiger partial charge < -0.3 is 40.7 Å². The van der Waals surface area contributed by atoms with Crippen molar-refractivity contribution in [2.45, 2.75) is 71.0 Å². The van der Waals surface area contributed by atoms with Gasteiger partial charge in [0.1, 0.15) is 23.2 Å². The first-order valence-corrected chi connectivity index (χ1v) is 20.9. The monoisotopic (exact) mass is 799 g/mol. The fraction of sp³-hybridized carbons (Fsp3) is 0.467. The van der Waals surface area contributed by atoms with Gasteiger partial charge in [0.2, 0.25) is 5.91 Å². The zero-order valence-electron chi connectivity index (χ0n) is 34.4. The van der Waals surface area contributed by atoms with Crippen molar-refractivity contribution in [1.29, 1.82) is 0 Å². The van der Waals surface area contributed by atoms with Crippen LogP contribution in [0.3, 0.4) is 0 Å². The van der Waals surface area contributed by atoms with Gasteiger partial charge in [-0.05, 0) is 109 Å². The van der Waals surface area contributed by atoms with E-state index in [-0.39, 0.29) is 35.7 Å². The summed E-state index contributed by atoms with van der Waals surface area (Å²) >= 11 is 0. The fourth-order valence-electron chi connectivity index (χ4n) is 9.57. The highest BCUT2D eigenvalue weighted by Crippen LogP contribution is 2.56. The summed E-state index contributed by atoms with van der Waals surface area (Å²) in [6.45, 7) is 9.34. The number of nitrogens with two attached hydrogens (primary N) is 1. The van der Waals surface area contributed by atoms with Crippen molar-refractivity contribution in [3.05, 3.63) is 66.2 Å². The van der Waals surface area contributed by atoms with Crippen LogP contribution in [0.15, 0.2) is 54.6 Å². The van der Waals surface area contributed by atoms with Gasteiger partial charge >= 0.3 is 12.2 Å². The molecule has 1 aliphatic heterocycles. The number of amides is 3. The minimum Gasteiger partial charge on any atom is -0.453 e. The minimum absolute atomic E-state index is 0.0613. The number of hydrogen-bond donors (Lipinski definition) is 5. The Bertz CT molecular complexity index is 2600. The van der Waals surface area contributed by atoms with Crippen LogP contribution < -0.4 is 16.4 Å². The van der Waals surface area contributed by atoms with Crippen LogP contribution in [0.1, 0.15) is 70.6 Å². The van der Waals surface area contributed by atoms with Crippen LogP contribution in [0.4, 0.5) is 9.59 Å². The van der Waals surface area contributed by atoms with E-state index in [1.54, 1.807) is 0 Å². The Morgan fingerprint density at radius 2 is 1.61 bits per heavy atom. The molecule has 6 unspecified atom stereocenters. The summed E-state index contributed by atoms with van der Waals surface area (Å²) < 4.78 is 9.76. The highest BCUT2D eigenvalue weighted by molar-refractivity contribution is 6.06. The molecule has 4 heterocycles. The molecule has 2 saturated carbocycles. The van der Waals surface area contributed by atoms with Crippen LogP contribution in [0, 0.1) is 35.5 Å². The van der Waals surface area contributed by atoms with Crippen molar-refractivity contribution in [1.82, 2.24) is 40.5 Å². The number of alkyl carbamates (subject to hydrolysis) is 2. The number of benzene rings is 3. The molecule has 6 N–H and O–H groups in total. The molecule has 0 radical (unpaired) electrons. The number of fused-ring (bicyclic) bond motifs is 7. The van der Waals surface area contributed by atoms with E-state index < -0.39 is 18.2 Å². The number of imidazole rings is 2. The molecule has 6 aromatic rings. The molecule has 14 heteroatoms. The van der Waals surface area contributed by atoms with Crippen LogP contribution in [-0.2, 0) is 14.3 Å². The molecule has 0 bridgehead atoms. The standard InChI is InChI=1S/C45H53N9O5/c1-21(2)36(50-44(56)58-5)18-31(29-16-25(29)19-46)41-48-35-14-13-33-28(39(35)51-41)10-12-32(47-33)24-7-9-27-23(15-24)8-11-34-38(27)52-42(49-34)40-30-17-26(30)20-54(40)43(55)37(22(3)4)53-45(57)59-6/h7-15,21-22,25-26,29-31,36-37,40,47H,16-20,46H2,1-6H3,(H,49,52)(H,50,56)(H,53,57)/t25?,26?,29?,30?,31?,36-,37+,40?/m1/s1. The molecule has 3 fully saturated rings. The van der Waals surface area contributed by atoms with Gasteiger partial charge in [0.25, 0.3) is 0 Å². The number of rotatable bonds is 12. The number of aromatic nitrogens is 5. The molecule has 3 aromatic carbocycles. The van der Waals surface area contributed by atoms with Gasteiger partial charge in [-0.2, -0.15) is 0 Å². The number of likely N-dealkylation sites (tertiary alicyclic amines) is 1. The van der Waals surface area contributed by atoms with Gasteiger partial charge in [-0.25, -0.2) is 24.5 Å². The quantitative estimate of drug-likeness (QED) is 0.0855. The van der Waals surface area contributed by atoms with E-state index in [4.69, 9.17) is 30.2 Å². The van der Waals surface area contributed by atoms with Crippen molar-refractivity contribution in [3.8, 4) is 11.3 Å². The molecule has 1 saturated heterocycles. The number of nitrogens with one attached hydrogen (secondary N) is 4. The van der Waals surface area contributed by atoms with Gasteiger partial charge in [0, 0.05) is 40.5 Å². The maximum Gasteiger partial charge on any atom is 0.407 e. The van der Waals surface area contributed by atoms with Crippen molar-refractivity contribution in [2.75, 3.05) is 27.3 Å². The molecule has 8 atom stereocenters. The zero-order valence-corrected chi connectivity index (χ0v) is 34.4. The van der Waals surface area contributed by atoms with Crippen molar-refractivity contribution in [3.63, 3.8) is 0 Å². The molecular weight excluding hydrogens is 747 g/mol. The number of piperidine rings is 1. The van der Waals surface area contributed by atoms with Crippen LogP contribution >= 0.6 is 0 Å². The Kier molecular flexibility index (Phi) is 9.93. The third kappa shape index (κ3) is 7.10. The summed E-state index contributed by atoms with van der Waals surface area (Å²) in [5, 5.41) is 8.86. The highest BCUT2D eigenvalue weighted by atomic mass is 16.5. The highest BCUT2D eigenvalue weighted by Gasteiger charge is 2.56. The average molecular weight is 800 g/mol. The summed E-state index contributed by atoms with van der Waals surface area (Å²) in [5.74, 6) is 3.21.